The Labute approximate surface area is 248 Å². The summed E-state index contributed by atoms with van der Waals surface area (Å²) in [6.45, 7) is 6.66. The van der Waals surface area contributed by atoms with Crippen LogP contribution in [0.25, 0.3) is 11.3 Å². The molecule has 5 nitrogen and oxygen atoms in total. The first-order chi connectivity index (χ1) is 18.9. The van der Waals surface area contributed by atoms with Crippen molar-refractivity contribution >= 4 is 56.2 Å². The number of anilines is 2. The van der Waals surface area contributed by atoms with Gasteiger partial charge in [0.1, 0.15) is 17.6 Å². The Balaban J connectivity index is 1.38. The van der Waals surface area contributed by atoms with Gasteiger partial charge < -0.3 is 19.5 Å². The first-order valence-electron chi connectivity index (χ1n) is 13.3. The maximum absolute atomic E-state index is 6.96. The molecule has 2 aromatic carbocycles. The first-order valence-corrected chi connectivity index (χ1v) is 14.9. The van der Waals surface area contributed by atoms with E-state index in [1.54, 1.807) is 6.20 Å². The predicted octanol–water partition coefficient (Wildman–Crippen LogP) is 8.42. The molecule has 6 rings (SSSR count). The summed E-state index contributed by atoms with van der Waals surface area (Å²) in [6.07, 6.45) is 3.06. The van der Waals surface area contributed by atoms with Gasteiger partial charge in [-0.1, -0.05) is 59.6 Å². The second-order valence-corrected chi connectivity index (χ2v) is 12.4. The zero-order valence-electron chi connectivity index (χ0n) is 21.9. The normalized spacial score (nSPS) is 23.2. The van der Waals surface area contributed by atoms with Gasteiger partial charge in [-0.3, -0.25) is 4.98 Å². The molecule has 2 aliphatic rings. The van der Waals surface area contributed by atoms with E-state index >= 15 is 0 Å². The maximum atomic E-state index is 6.96. The van der Waals surface area contributed by atoms with E-state index in [0.29, 0.717) is 16.9 Å². The van der Waals surface area contributed by atoms with Crippen LogP contribution in [0.1, 0.15) is 43.8 Å². The van der Waals surface area contributed by atoms with Crippen LogP contribution < -0.4 is 15.1 Å². The van der Waals surface area contributed by atoms with Crippen molar-refractivity contribution in [1.82, 2.24) is 10.3 Å². The zero-order chi connectivity index (χ0) is 27.1. The molecular weight excluding hydrogens is 592 g/mol. The summed E-state index contributed by atoms with van der Waals surface area (Å²) in [7, 11) is 0. The van der Waals surface area contributed by atoms with Gasteiger partial charge in [0.15, 0.2) is 5.11 Å². The van der Waals surface area contributed by atoms with Crippen LogP contribution in [0.4, 0.5) is 11.4 Å². The Bertz CT molecular complexity index is 1470. The fraction of sp³-hybridized carbons (Fsp3) is 0.290. The summed E-state index contributed by atoms with van der Waals surface area (Å²) >= 11 is 16.4. The van der Waals surface area contributed by atoms with Crippen molar-refractivity contribution in [3.63, 3.8) is 0 Å². The number of hydrogen-bond donors (Lipinski definition) is 1. The number of hydrogen-bond acceptors (Lipinski definition) is 4. The molecule has 0 bridgehead atoms. The van der Waals surface area contributed by atoms with Crippen molar-refractivity contribution in [2.75, 3.05) is 22.9 Å². The lowest BCUT2D eigenvalue weighted by Crippen LogP contribution is -2.38. The lowest BCUT2D eigenvalue weighted by molar-refractivity contribution is 0.357. The molecule has 0 radical (unpaired) electrons. The summed E-state index contributed by atoms with van der Waals surface area (Å²) < 4.78 is 7.52. The van der Waals surface area contributed by atoms with Crippen molar-refractivity contribution < 1.29 is 4.42 Å². The SMILES string of the molecule is C[C@@H]1C[C@H](C)CN(c2ccc(N3C(=S)N[C@H](c4ccccn4)[C@H]3c3ccc(-c4ccc(Br)cc4)o3)cc2Cl)C1. The highest BCUT2D eigenvalue weighted by Crippen LogP contribution is 2.44. The number of thiocarbonyl (C=S) groups is 1. The molecule has 4 aromatic rings. The minimum atomic E-state index is -0.242. The largest absolute Gasteiger partial charge is 0.459 e. The lowest BCUT2D eigenvalue weighted by atomic mass is 9.91. The van der Waals surface area contributed by atoms with Gasteiger partial charge in [0.05, 0.1) is 22.4 Å². The topological polar surface area (TPSA) is 44.5 Å². The third-order valence-corrected chi connectivity index (χ3v) is 8.71. The molecule has 0 unspecified atom stereocenters. The quantitative estimate of drug-likeness (QED) is 0.226. The van der Waals surface area contributed by atoms with Crippen LogP contribution in [0.3, 0.4) is 0 Å². The van der Waals surface area contributed by atoms with Gasteiger partial charge >= 0.3 is 0 Å². The van der Waals surface area contributed by atoms with Crippen molar-refractivity contribution in [2.45, 2.75) is 32.4 Å². The Hall–Kier alpha value is -2.87. The highest BCUT2D eigenvalue weighted by molar-refractivity contribution is 9.10. The Morgan fingerprint density at radius 1 is 1.00 bits per heavy atom. The van der Waals surface area contributed by atoms with E-state index in [1.807, 2.05) is 60.7 Å². The van der Waals surface area contributed by atoms with Crippen molar-refractivity contribution in [2.24, 2.45) is 11.8 Å². The standard InChI is InChI=1S/C31H30BrClN4OS/c1-19-15-20(2)18-36(17-19)26-11-10-23(16-24(26)33)37-30(29(35-31(37)39)25-5-3-4-14-34-25)28-13-12-27(38-28)21-6-8-22(32)9-7-21/h3-14,16,19-20,29-30H,15,17-18H2,1-2H3,(H,35,39)/t19-,20+,29-,30-/m1/s1. The van der Waals surface area contributed by atoms with E-state index < -0.39 is 0 Å². The minimum absolute atomic E-state index is 0.190. The molecule has 2 aromatic heterocycles. The number of furan rings is 1. The Morgan fingerprint density at radius 3 is 2.46 bits per heavy atom. The summed E-state index contributed by atoms with van der Waals surface area (Å²) in [6, 6.07) is 23.9. The molecule has 8 heteroatoms. The molecule has 4 heterocycles. The maximum Gasteiger partial charge on any atom is 0.174 e. The monoisotopic (exact) mass is 620 g/mol. The zero-order valence-corrected chi connectivity index (χ0v) is 25.0. The number of pyridine rings is 1. The van der Waals surface area contributed by atoms with Crippen LogP contribution in [-0.4, -0.2) is 23.2 Å². The van der Waals surface area contributed by atoms with Crippen LogP contribution in [-0.2, 0) is 0 Å². The summed E-state index contributed by atoms with van der Waals surface area (Å²) in [4.78, 5) is 9.17. The number of aromatic nitrogens is 1. The predicted molar refractivity (Wildman–Crippen MR) is 166 cm³/mol. The molecule has 0 aliphatic carbocycles. The molecule has 200 valence electrons. The van der Waals surface area contributed by atoms with Crippen molar-refractivity contribution in [3.05, 3.63) is 99.9 Å². The van der Waals surface area contributed by atoms with E-state index in [4.69, 9.17) is 28.2 Å². The molecular formula is C31H30BrClN4OS. The molecule has 39 heavy (non-hydrogen) atoms. The van der Waals surface area contributed by atoms with Crippen LogP contribution in [0.2, 0.25) is 5.02 Å². The fourth-order valence-corrected chi connectivity index (χ4v) is 6.87. The average molecular weight is 622 g/mol. The molecule has 2 fully saturated rings. The first kappa shape index (κ1) is 26.4. The van der Waals surface area contributed by atoms with Crippen LogP contribution in [0.5, 0.6) is 0 Å². The minimum Gasteiger partial charge on any atom is -0.459 e. The molecule has 0 amide bonds. The van der Waals surface area contributed by atoms with Gasteiger partial charge in [0, 0.05) is 35.0 Å². The van der Waals surface area contributed by atoms with E-state index in [2.05, 4.69) is 62.0 Å². The van der Waals surface area contributed by atoms with Gasteiger partial charge in [0.25, 0.3) is 0 Å². The van der Waals surface area contributed by atoms with Gasteiger partial charge in [-0.15, -0.1) is 0 Å². The van der Waals surface area contributed by atoms with Gasteiger partial charge in [-0.05, 0) is 85.1 Å². The number of rotatable bonds is 5. The van der Waals surface area contributed by atoms with Crippen molar-refractivity contribution in [1.29, 1.82) is 0 Å². The summed E-state index contributed by atoms with van der Waals surface area (Å²) in [5.74, 6) is 2.89. The third-order valence-electron chi connectivity index (χ3n) is 7.56. The Morgan fingerprint density at radius 2 is 1.77 bits per heavy atom. The van der Waals surface area contributed by atoms with E-state index in [1.165, 1.54) is 6.42 Å². The van der Waals surface area contributed by atoms with E-state index in [9.17, 15) is 0 Å². The molecule has 4 atom stereocenters. The summed E-state index contributed by atoms with van der Waals surface area (Å²) in [5.41, 5.74) is 3.90. The highest BCUT2D eigenvalue weighted by atomic mass is 79.9. The molecule has 2 saturated heterocycles. The van der Waals surface area contributed by atoms with E-state index in [0.717, 1.165) is 56.7 Å². The molecule has 0 spiro atoms. The van der Waals surface area contributed by atoms with Crippen molar-refractivity contribution in [3.8, 4) is 11.3 Å². The molecule has 2 aliphatic heterocycles. The number of halogens is 2. The van der Waals surface area contributed by atoms with Crippen LogP contribution in [0, 0.1) is 11.8 Å². The second-order valence-electron chi connectivity index (χ2n) is 10.7. The van der Waals surface area contributed by atoms with Crippen LogP contribution in [0.15, 0.2) is 87.9 Å². The van der Waals surface area contributed by atoms with Gasteiger partial charge in [-0.2, -0.15) is 0 Å². The average Bonchev–Trinajstić information content (AvgIpc) is 3.53. The number of nitrogens with one attached hydrogen (secondary N) is 1. The van der Waals surface area contributed by atoms with E-state index in [-0.39, 0.29) is 12.1 Å². The lowest BCUT2D eigenvalue weighted by Gasteiger charge is -2.37. The third kappa shape index (κ3) is 5.32. The number of nitrogens with zero attached hydrogens (tertiary/aromatic N) is 3. The second kappa shape index (κ2) is 11.0. The smallest absolute Gasteiger partial charge is 0.174 e. The Kier molecular flexibility index (Phi) is 7.40. The number of benzene rings is 2. The fourth-order valence-electron chi connectivity index (χ4n) is 5.96. The van der Waals surface area contributed by atoms with Gasteiger partial charge in [-0.25, -0.2) is 0 Å². The highest BCUT2D eigenvalue weighted by Gasteiger charge is 2.43. The van der Waals surface area contributed by atoms with Crippen LogP contribution >= 0.6 is 39.7 Å². The molecule has 0 saturated carbocycles. The van der Waals surface area contributed by atoms with Gasteiger partial charge in [0.2, 0.25) is 0 Å². The summed E-state index contributed by atoms with van der Waals surface area (Å²) in [5, 5.41) is 4.85. The molecule has 1 N–H and O–H groups in total. The number of piperidine rings is 1.